The fourth-order valence-corrected chi connectivity index (χ4v) is 2.62. The van der Waals surface area contributed by atoms with E-state index in [1.165, 1.54) is 32.0 Å². The van der Waals surface area contributed by atoms with E-state index in [1.54, 1.807) is 6.07 Å². The molecule has 9 nitrogen and oxygen atoms in total. The van der Waals surface area contributed by atoms with Crippen molar-refractivity contribution < 1.29 is 24.0 Å². The molecular formula is C21H23N3O6. The van der Waals surface area contributed by atoms with Gasteiger partial charge in [0.1, 0.15) is 6.04 Å². The van der Waals surface area contributed by atoms with Gasteiger partial charge in [-0.25, -0.2) is 4.79 Å². The standard InChI is InChI=1S/C21H23N3O6/c1-12-8-9-18(13(2)10-12)23-19(25)15(4)30-21(27)14(3)22-20(26)16-6-5-7-17(11-16)24(28)29/h5-11,14-15H,1-4H3,(H,22,26)(H,23,25)/t14-,15-/m0/s1. The Kier molecular flexibility index (Phi) is 7.24. The van der Waals surface area contributed by atoms with Crippen LogP contribution in [0.15, 0.2) is 42.5 Å². The van der Waals surface area contributed by atoms with Crippen LogP contribution in [0.4, 0.5) is 11.4 Å². The molecule has 2 aromatic carbocycles. The lowest BCUT2D eigenvalue weighted by atomic mass is 10.1. The molecule has 0 aliphatic rings. The number of nitrogens with one attached hydrogen (secondary N) is 2. The molecule has 158 valence electrons. The predicted molar refractivity (Wildman–Crippen MR) is 110 cm³/mol. The van der Waals surface area contributed by atoms with Crippen LogP contribution in [0.3, 0.4) is 0 Å². The van der Waals surface area contributed by atoms with Gasteiger partial charge >= 0.3 is 5.97 Å². The third-order valence-corrected chi connectivity index (χ3v) is 4.32. The van der Waals surface area contributed by atoms with E-state index in [0.29, 0.717) is 5.69 Å². The molecular weight excluding hydrogens is 390 g/mol. The van der Waals surface area contributed by atoms with Gasteiger partial charge in [0.15, 0.2) is 6.10 Å². The fraction of sp³-hybridized carbons (Fsp3) is 0.286. The lowest BCUT2D eigenvalue weighted by Gasteiger charge is -2.18. The number of non-ortho nitro benzene ring substituents is 1. The van der Waals surface area contributed by atoms with Gasteiger partial charge < -0.3 is 15.4 Å². The Morgan fingerprint density at radius 1 is 1.07 bits per heavy atom. The molecule has 0 saturated heterocycles. The van der Waals surface area contributed by atoms with Crippen LogP contribution in [0.25, 0.3) is 0 Å². The smallest absolute Gasteiger partial charge is 0.329 e. The highest BCUT2D eigenvalue weighted by molar-refractivity contribution is 5.98. The van der Waals surface area contributed by atoms with Crippen LogP contribution in [0.5, 0.6) is 0 Å². The van der Waals surface area contributed by atoms with E-state index >= 15 is 0 Å². The van der Waals surface area contributed by atoms with Gasteiger partial charge in [-0.15, -0.1) is 0 Å². The summed E-state index contributed by atoms with van der Waals surface area (Å²) in [4.78, 5) is 47.0. The lowest BCUT2D eigenvalue weighted by Crippen LogP contribution is -2.42. The van der Waals surface area contributed by atoms with Gasteiger partial charge in [-0.1, -0.05) is 23.8 Å². The monoisotopic (exact) mass is 413 g/mol. The number of anilines is 1. The van der Waals surface area contributed by atoms with Crippen molar-refractivity contribution >= 4 is 29.2 Å². The summed E-state index contributed by atoms with van der Waals surface area (Å²) in [5.41, 5.74) is 2.33. The predicted octanol–water partition coefficient (Wildman–Crippen LogP) is 2.90. The highest BCUT2D eigenvalue weighted by Crippen LogP contribution is 2.17. The first-order valence-corrected chi connectivity index (χ1v) is 9.22. The Labute approximate surface area is 173 Å². The van der Waals surface area contributed by atoms with Crippen molar-refractivity contribution in [2.45, 2.75) is 39.8 Å². The maximum atomic E-state index is 12.3. The highest BCUT2D eigenvalue weighted by atomic mass is 16.6. The number of rotatable bonds is 7. The Bertz CT molecular complexity index is 988. The van der Waals surface area contributed by atoms with Crippen molar-refractivity contribution in [3.05, 3.63) is 69.3 Å². The molecule has 0 bridgehead atoms. The van der Waals surface area contributed by atoms with Gasteiger partial charge in [0.2, 0.25) is 0 Å². The van der Waals surface area contributed by atoms with E-state index in [9.17, 15) is 24.5 Å². The molecule has 2 amide bonds. The molecule has 0 aromatic heterocycles. The highest BCUT2D eigenvalue weighted by Gasteiger charge is 2.24. The van der Waals surface area contributed by atoms with E-state index in [0.717, 1.165) is 17.2 Å². The first-order chi connectivity index (χ1) is 14.1. The molecule has 0 saturated carbocycles. The summed E-state index contributed by atoms with van der Waals surface area (Å²) in [5, 5.41) is 15.9. The summed E-state index contributed by atoms with van der Waals surface area (Å²) < 4.78 is 5.13. The molecule has 2 atom stereocenters. The second-order valence-electron chi connectivity index (χ2n) is 6.89. The number of hydrogen-bond acceptors (Lipinski definition) is 6. The van der Waals surface area contributed by atoms with Gasteiger partial charge in [-0.05, 0) is 45.4 Å². The van der Waals surface area contributed by atoms with Gasteiger partial charge in [0, 0.05) is 23.4 Å². The van der Waals surface area contributed by atoms with Crippen molar-refractivity contribution in [2.75, 3.05) is 5.32 Å². The van der Waals surface area contributed by atoms with E-state index in [4.69, 9.17) is 4.74 Å². The summed E-state index contributed by atoms with van der Waals surface area (Å²) in [5.74, 6) is -1.99. The minimum Gasteiger partial charge on any atom is -0.451 e. The van der Waals surface area contributed by atoms with E-state index in [1.807, 2.05) is 26.0 Å². The summed E-state index contributed by atoms with van der Waals surface area (Å²) >= 11 is 0. The molecule has 0 aliphatic carbocycles. The summed E-state index contributed by atoms with van der Waals surface area (Å²) in [6, 6.07) is 9.59. The van der Waals surface area contributed by atoms with Crippen LogP contribution in [0.2, 0.25) is 0 Å². The van der Waals surface area contributed by atoms with Crippen LogP contribution >= 0.6 is 0 Å². The number of benzene rings is 2. The van der Waals surface area contributed by atoms with Crippen LogP contribution in [-0.4, -0.2) is 34.9 Å². The first-order valence-electron chi connectivity index (χ1n) is 9.22. The van der Waals surface area contributed by atoms with Gasteiger partial charge in [0.25, 0.3) is 17.5 Å². The van der Waals surface area contributed by atoms with Crippen LogP contribution in [-0.2, 0) is 14.3 Å². The van der Waals surface area contributed by atoms with Crippen molar-refractivity contribution in [1.29, 1.82) is 0 Å². The molecule has 30 heavy (non-hydrogen) atoms. The van der Waals surface area contributed by atoms with Crippen LogP contribution < -0.4 is 10.6 Å². The van der Waals surface area contributed by atoms with Crippen molar-refractivity contribution in [3.8, 4) is 0 Å². The number of amides is 2. The molecule has 2 aromatic rings. The largest absolute Gasteiger partial charge is 0.451 e. The van der Waals surface area contributed by atoms with Crippen molar-refractivity contribution in [1.82, 2.24) is 5.32 Å². The average Bonchev–Trinajstić information content (AvgIpc) is 2.69. The molecule has 0 aliphatic heterocycles. The number of esters is 1. The maximum absolute atomic E-state index is 12.3. The number of ether oxygens (including phenoxy) is 1. The summed E-state index contributed by atoms with van der Waals surface area (Å²) in [7, 11) is 0. The number of nitro groups is 1. The van der Waals surface area contributed by atoms with E-state index in [2.05, 4.69) is 10.6 Å². The first kappa shape index (κ1) is 22.5. The number of aryl methyl sites for hydroxylation is 2. The van der Waals surface area contributed by atoms with Crippen LogP contribution in [0, 0.1) is 24.0 Å². The van der Waals surface area contributed by atoms with Gasteiger partial charge in [0.05, 0.1) is 4.92 Å². The molecule has 0 heterocycles. The number of carbonyl (C=O) groups is 3. The fourth-order valence-electron chi connectivity index (χ4n) is 2.62. The second-order valence-corrected chi connectivity index (χ2v) is 6.89. The molecule has 2 rings (SSSR count). The second kappa shape index (κ2) is 9.64. The molecule has 0 radical (unpaired) electrons. The zero-order valence-electron chi connectivity index (χ0n) is 17.1. The molecule has 0 unspecified atom stereocenters. The van der Waals surface area contributed by atoms with Crippen molar-refractivity contribution in [2.24, 2.45) is 0 Å². The Morgan fingerprint density at radius 3 is 2.40 bits per heavy atom. The van der Waals surface area contributed by atoms with Gasteiger partial charge in [-0.2, -0.15) is 0 Å². The third kappa shape index (κ3) is 5.87. The lowest BCUT2D eigenvalue weighted by molar-refractivity contribution is -0.384. The van der Waals surface area contributed by atoms with Crippen LogP contribution in [0.1, 0.15) is 35.3 Å². The molecule has 0 spiro atoms. The molecule has 9 heteroatoms. The summed E-state index contributed by atoms with van der Waals surface area (Å²) in [6.07, 6.45) is -1.09. The Balaban J connectivity index is 1.94. The normalized spacial score (nSPS) is 12.4. The Hall–Kier alpha value is -3.75. The maximum Gasteiger partial charge on any atom is 0.329 e. The minimum atomic E-state index is -1.09. The van der Waals surface area contributed by atoms with E-state index < -0.39 is 34.9 Å². The molecule has 0 fully saturated rings. The number of carbonyl (C=O) groups excluding carboxylic acids is 3. The van der Waals surface area contributed by atoms with Crippen molar-refractivity contribution in [3.63, 3.8) is 0 Å². The average molecular weight is 413 g/mol. The zero-order chi connectivity index (χ0) is 22.4. The number of nitro benzene ring substituents is 1. The minimum absolute atomic E-state index is 0.0319. The molecule has 2 N–H and O–H groups in total. The summed E-state index contributed by atoms with van der Waals surface area (Å²) in [6.45, 7) is 6.61. The zero-order valence-corrected chi connectivity index (χ0v) is 17.1. The Morgan fingerprint density at radius 2 is 1.77 bits per heavy atom. The van der Waals surface area contributed by atoms with Gasteiger partial charge in [-0.3, -0.25) is 19.7 Å². The van der Waals surface area contributed by atoms with E-state index in [-0.39, 0.29) is 11.3 Å². The number of hydrogen-bond donors (Lipinski definition) is 2. The quantitative estimate of drug-likeness (QED) is 0.408. The third-order valence-electron chi connectivity index (χ3n) is 4.32. The SMILES string of the molecule is Cc1ccc(NC(=O)[C@H](C)OC(=O)[C@H](C)NC(=O)c2cccc([N+](=O)[O-])c2)c(C)c1. The topological polar surface area (TPSA) is 128 Å². The number of nitrogens with zero attached hydrogens (tertiary/aromatic N) is 1.